The zero-order valence-electron chi connectivity index (χ0n) is 10.9. The van der Waals surface area contributed by atoms with Gasteiger partial charge in [-0.15, -0.1) is 12.3 Å². The van der Waals surface area contributed by atoms with Gasteiger partial charge in [-0.2, -0.15) is 0 Å². The molecule has 20 heavy (non-hydrogen) atoms. The Morgan fingerprint density at radius 3 is 3.20 bits per heavy atom. The van der Waals surface area contributed by atoms with E-state index in [1.807, 2.05) is 0 Å². The number of aromatic nitrogens is 1. The van der Waals surface area contributed by atoms with Crippen molar-refractivity contribution in [2.75, 3.05) is 19.8 Å². The normalized spacial score (nSPS) is 17.5. The van der Waals surface area contributed by atoms with Gasteiger partial charge in [0.1, 0.15) is 11.1 Å². The van der Waals surface area contributed by atoms with E-state index < -0.39 is 0 Å². The monoisotopic (exact) mass is 294 g/mol. The van der Waals surface area contributed by atoms with Crippen LogP contribution < -0.4 is 10.1 Å². The molecule has 1 amide bonds. The number of hydrogen-bond donors (Lipinski definition) is 1. The Bertz CT molecular complexity index is 522. The highest BCUT2D eigenvalue weighted by Crippen LogP contribution is 2.25. The average Bonchev–Trinajstić information content (AvgIpc) is 2.94. The number of carbonyl (C=O) groups is 1. The molecule has 2 heterocycles. The van der Waals surface area contributed by atoms with E-state index in [1.165, 1.54) is 12.3 Å². The van der Waals surface area contributed by atoms with Gasteiger partial charge in [-0.3, -0.25) is 4.79 Å². The summed E-state index contributed by atoms with van der Waals surface area (Å²) < 4.78 is 10.8. The van der Waals surface area contributed by atoms with Crippen LogP contribution in [0, 0.1) is 12.3 Å². The minimum Gasteiger partial charge on any atom is -0.471 e. The van der Waals surface area contributed by atoms with Gasteiger partial charge in [0.15, 0.2) is 0 Å². The molecule has 1 saturated heterocycles. The van der Waals surface area contributed by atoms with Gasteiger partial charge < -0.3 is 14.8 Å². The summed E-state index contributed by atoms with van der Waals surface area (Å²) >= 11 is 6.07. The van der Waals surface area contributed by atoms with Crippen LogP contribution in [0.25, 0.3) is 0 Å². The number of amides is 1. The van der Waals surface area contributed by atoms with E-state index in [4.69, 9.17) is 27.5 Å². The summed E-state index contributed by atoms with van der Waals surface area (Å²) in [6.45, 7) is 1.63. The molecule has 0 saturated carbocycles. The van der Waals surface area contributed by atoms with Crippen LogP contribution in [0.15, 0.2) is 12.3 Å². The maximum atomic E-state index is 11.8. The molecule has 1 aromatic rings. The predicted molar refractivity (Wildman–Crippen MR) is 74.9 cm³/mol. The van der Waals surface area contributed by atoms with E-state index >= 15 is 0 Å². The minimum absolute atomic E-state index is 0.0321. The molecule has 0 radical (unpaired) electrons. The first-order valence-electron chi connectivity index (χ1n) is 6.32. The lowest BCUT2D eigenvalue weighted by molar-refractivity contribution is 0.0954. The van der Waals surface area contributed by atoms with Crippen LogP contribution in [0.1, 0.15) is 23.2 Å². The summed E-state index contributed by atoms with van der Waals surface area (Å²) in [5.74, 6) is 2.51. The minimum atomic E-state index is -0.259. The van der Waals surface area contributed by atoms with E-state index in [2.05, 4.69) is 16.2 Å². The summed E-state index contributed by atoms with van der Waals surface area (Å²) in [5.41, 5.74) is 0.377. The van der Waals surface area contributed by atoms with Gasteiger partial charge in [0.2, 0.25) is 5.88 Å². The Morgan fingerprint density at radius 2 is 2.55 bits per heavy atom. The molecule has 106 valence electrons. The van der Waals surface area contributed by atoms with Gasteiger partial charge in [0.05, 0.1) is 18.8 Å². The fourth-order valence-electron chi connectivity index (χ4n) is 1.75. The second-order valence-corrected chi connectivity index (χ2v) is 4.73. The molecule has 1 fully saturated rings. The molecule has 1 aliphatic heterocycles. The predicted octanol–water partition coefficient (Wildman–Crippen LogP) is 1.66. The number of halogens is 1. The zero-order chi connectivity index (χ0) is 14.4. The summed E-state index contributed by atoms with van der Waals surface area (Å²) in [7, 11) is 0. The third-order valence-corrected chi connectivity index (χ3v) is 3.06. The summed E-state index contributed by atoms with van der Waals surface area (Å²) in [5, 5.41) is 2.99. The van der Waals surface area contributed by atoms with Crippen LogP contribution in [0.4, 0.5) is 0 Å². The number of nitrogens with zero attached hydrogens (tertiary/aromatic N) is 1. The summed E-state index contributed by atoms with van der Waals surface area (Å²) in [6, 6.07) is 1.53. The first-order chi connectivity index (χ1) is 9.70. The number of rotatable bonds is 5. The quantitative estimate of drug-likeness (QED) is 0.663. The van der Waals surface area contributed by atoms with Crippen LogP contribution in [0.2, 0.25) is 5.02 Å². The van der Waals surface area contributed by atoms with Crippen molar-refractivity contribution < 1.29 is 14.3 Å². The number of hydrogen-bond acceptors (Lipinski definition) is 4. The van der Waals surface area contributed by atoms with E-state index in [0.29, 0.717) is 42.6 Å². The molecule has 0 aromatic carbocycles. The molecule has 1 atom stereocenters. The maximum Gasteiger partial charge on any atom is 0.252 e. The number of carbonyl (C=O) groups excluding carboxylic acids is 1. The van der Waals surface area contributed by atoms with Crippen LogP contribution >= 0.6 is 11.6 Å². The Labute approximate surface area is 122 Å². The lowest BCUT2D eigenvalue weighted by Gasteiger charge is -2.12. The number of ether oxygens (including phenoxy) is 2. The van der Waals surface area contributed by atoms with E-state index in [-0.39, 0.29) is 12.0 Å². The molecule has 0 bridgehead atoms. The molecular weight excluding hydrogens is 280 g/mol. The van der Waals surface area contributed by atoms with Crippen molar-refractivity contribution >= 4 is 17.5 Å². The standard InChI is InChI=1S/C14H15ClN2O3/c1-2-3-5-16-13(18)10-7-12(15)14(17-8-10)20-11-4-6-19-9-11/h1,7-8,11H,3-6,9H2,(H,16,18). The van der Waals surface area contributed by atoms with Gasteiger partial charge in [-0.1, -0.05) is 11.6 Å². The van der Waals surface area contributed by atoms with Crippen molar-refractivity contribution in [1.29, 1.82) is 0 Å². The first-order valence-corrected chi connectivity index (χ1v) is 6.70. The molecule has 0 aliphatic carbocycles. The van der Waals surface area contributed by atoms with Gasteiger partial charge in [0, 0.05) is 25.6 Å². The van der Waals surface area contributed by atoms with Gasteiger partial charge in [0.25, 0.3) is 5.91 Å². The van der Waals surface area contributed by atoms with Crippen molar-refractivity contribution in [3.8, 4) is 18.2 Å². The molecule has 2 rings (SSSR count). The van der Waals surface area contributed by atoms with Crippen LogP contribution in [0.5, 0.6) is 5.88 Å². The number of pyridine rings is 1. The zero-order valence-corrected chi connectivity index (χ0v) is 11.7. The highest BCUT2D eigenvalue weighted by atomic mass is 35.5. The Kier molecular flexibility index (Phi) is 5.22. The largest absolute Gasteiger partial charge is 0.471 e. The average molecular weight is 295 g/mol. The van der Waals surface area contributed by atoms with Crippen LogP contribution in [-0.4, -0.2) is 36.8 Å². The fraction of sp³-hybridized carbons (Fsp3) is 0.429. The molecule has 1 aromatic heterocycles. The van der Waals surface area contributed by atoms with Gasteiger partial charge >= 0.3 is 0 Å². The van der Waals surface area contributed by atoms with Crippen LogP contribution in [0.3, 0.4) is 0 Å². The SMILES string of the molecule is C#CCCNC(=O)c1cnc(OC2CCOC2)c(Cl)c1. The lowest BCUT2D eigenvalue weighted by Crippen LogP contribution is -2.24. The fourth-order valence-corrected chi connectivity index (χ4v) is 1.96. The lowest BCUT2D eigenvalue weighted by atomic mass is 10.2. The Hall–Kier alpha value is -1.77. The molecule has 0 spiro atoms. The van der Waals surface area contributed by atoms with Crippen molar-refractivity contribution in [3.63, 3.8) is 0 Å². The van der Waals surface area contributed by atoms with E-state index in [1.54, 1.807) is 0 Å². The topological polar surface area (TPSA) is 60.5 Å². The maximum absolute atomic E-state index is 11.8. The second kappa shape index (κ2) is 7.13. The highest BCUT2D eigenvalue weighted by Gasteiger charge is 2.19. The van der Waals surface area contributed by atoms with Crippen molar-refractivity contribution in [2.45, 2.75) is 18.9 Å². The number of nitrogens with one attached hydrogen (secondary N) is 1. The second-order valence-electron chi connectivity index (χ2n) is 4.32. The highest BCUT2D eigenvalue weighted by molar-refractivity contribution is 6.32. The number of terminal acetylenes is 1. The van der Waals surface area contributed by atoms with E-state index in [0.717, 1.165) is 6.42 Å². The molecule has 1 aliphatic rings. The molecule has 5 nitrogen and oxygen atoms in total. The van der Waals surface area contributed by atoms with Crippen molar-refractivity contribution in [2.24, 2.45) is 0 Å². The molecule has 1 unspecified atom stereocenters. The molecule has 1 N–H and O–H groups in total. The van der Waals surface area contributed by atoms with Gasteiger partial charge in [-0.05, 0) is 6.07 Å². The molecule has 6 heteroatoms. The van der Waals surface area contributed by atoms with Crippen LogP contribution in [-0.2, 0) is 4.74 Å². The third-order valence-electron chi connectivity index (χ3n) is 2.79. The summed E-state index contributed by atoms with van der Waals surface area (Å²) in [4.78, 5) is 15.9. The third kappa shape index (κ3) is 3.86. The summed E-state index contributed by atoms with van der Waals surface area (Å²) in [6.07, 6.45) is 7.81. The Morgan fingerprint density at radius 1 is 1.70 bits per heavy atom. The van der Waals surface area contributed by atoms with Crippen molar-refractivity contribution in [3.05, 3.63) is 22.8 Å². The molecular formula is C14H15ClN2O3. The van der Waals surface area contributed by atoms with Gasteiger partial charge in [-0.25, -0.2) is 4.98 Å². The van der Waals surface area contributed by atoms with Crippen molar-refractivity contribution in [1.82, 2.24) is 10.3 Å². The van der Waals surface area contributed by atoms with E-state index in [9.17, 15) is 4.79 Å². The first kappa shape index (κ1) is 14.6. The Balaban J connectivity index is 1.97. The smallest absolute Gasteiger partial charge is 0.252 e.